The van der Waals surface area contributed by atoms with E-state index in [1.54, 1.807) is 0 Å². The van der Waals surface area contributed by atoms with Gasteiger partial charge in [0.1, 0.15) is 0 Å². The summed E-state index contributed by atoms with van der Waals surface area (Å²) in [6.07, 6.45) is -9.71. The van der Waals surface area contributed by atoms with Crippen LogP contribution in [0.2, 0.25) is 0 Å². The Morgan fingerprint density at radius 3 is 2.00 bits per heavy atom. The molecule has 0 rings (SSSR count). The maximum Gasteiger partial charge on any atom is 0.407 e. The molecule has 0 aromatic carbocycles. The summed E-state index contributed by atoms with van der Waals surface area (Å²) in [6.45, 7) is 0.634. The summed E-state index contributed by atoms with van der Waals surface area (Å²) in [6, 6.07) is 0. The van der Waals surface area contributed by atoms with Gasteiger partial charge < -0.3 is 14.9 Å². The van der Waals surface area contributed by atoms with Crippen LogP contribution in [0.25, 0.3) is 0 Å². The minimum Gasteiger partial charge on any atom is -0.465 e. The van der Waals surface area contributed by atoms with Crippen molar-refractivity contribution in [3.8, 4) is 0 Å². The summed E-state index contributed by atoms with van der Waals surface area (Å²) in [5, 5.41) is 17.1. The zero-order chi connectivity index (χ0) is 13.1. The first kappa shape index (κ1) is 15.0. The van der Waals surface area contributed by atoms with Crippen LogP contribution in [-0.2, 0) is 9.53 Å². The molecule has 2 N–H and O–H groups in total. The summed E-state index contributed by atoms with van der Waals surface area (Å²) >= 11 is 0. The highest BCUT2D eigenvalue weighted by molar-refractivity contribution is 5.74. The molecular formula is C7H9F5O4. The summed E-state index contributed by atoms with van der Waals surface area (Å²) < 4.78 is 64.4. The first-order valence-electron chi connectivity index (χ1n) is 4.01. The lowest BCUT2D eigenvalue weighted by Gasteiger charge is -2.29. The topological polar surface area (TPSA) is 66.8 Å². The molecule has 0 aliphatic rings. The Balaban J connectivity index is 5.19. The molecule has 96 valence electrons. The van der Waals surface area contributed by atoms with Crippen LogP contribution in [0.3, 0.4) is 0 Å². The normalized spacial score (nSPS) is 15.1. The molecule has 0 bridgehead atoms. The van der Waals surface area contributed by atoms with E-state index in [1.165, 1.54) is 0 Å². The van der Waals surface area contributed by atoms with E-state index in [0.717, 1.165) is 6.92 Å². The van der Waals surface area contributed by atoms with Crippen molar-refractivity contribution in [1.82, 2.24) is 0 Å². The molecule has 0 amide bonds. The Labute approximate surface area is 86.6 Å². The van der Waals surface area contributed by atoms with Gasteiger partial charge in [0.2, 0.25) is 11.7 Å². The van der Waals surface area contributed by atoms with Crippen molar-refractivity contribution in [2.24, 2.45) is 5.92 Å². The molecule has 0 radical (unpaired) electrons. The van der Waals surface area contributed by atoms with Gasteiger partial charge in [-0.1, -0.05) is 0 Å². The minimum atomic E-state index is -5.55. The zero-order valence-corrected chi connectivity index (χ0v) is 7.96. The molecule has 0 aromatic heterocycles. The van der Waals surface area contributed by atoms with Gasteiger partial charge in [0.25, 0.3) is 6.43 Å². The van der Waals surface area contributed by atoms with E-state index in [4.69, 9.17) is 10.2 Å². The second-order valence-electron chi connectivity index (χ2n) is 2.81. The number of hydrogen-bond acceptors (Lipinski definition) is 4. The smallest absolute Gasteiger partial charge is 0.407 e. The number of halogens is 5. The van der Waals surface area contributed by atoms with Gasteiger partial charge in [-0.3, -0.25) is 4.79 Å². The number of esters is 1. The van der Waals surface area contributed by atoms with Crippen LogP contribution in [0.1, 0.15) is 6.92 Å². The summed E-state index contributed by atoms with van der Waals surface area (Å²) in [5.74, 6) is -10.4. The summed E-state index contributed by atoms with van der Waals surface area (Å²) in [7, 11) is 0. The quantitative estimate of drug-likeness (QED) is 0.438. The SMILES string of the molecule is CCOC(=O)[C@H](C(F)(F)F)C(O)(O)C(F)F. The standard InChI is InChI=1S/C7H9F5O4/c1-2-16-4(13)3(7(10,11)12)6(14,15)5(8)9/h3,5,14-15H,2H2,1H3/t3-/m0/s1. The molecule has 0 saturated carbocycles. The van der Waals surface area contributed by atoms with E-state index in [9.17, 15) is 26.7 Å². The van der Waals surface area contributed by atoms with Crippen LogP contribution in [0.15, 0.2) is 0 Å². The Bertz CT molecular complexity index is 250. The molecule has 0 fully saturated rings. The van der Waals surface area contributed by atoms with Crippen molar-refractivity contribution in [3.63, 3.8) is 0 Å². The maximum atomic E-state index is 12.2. The fourth-order valence-electron chi connectivity index (χ4n) is 0.900. The van der Waals surface area contributed by atoms with Gasteiger partial charge in [0, 0.05) is 0 Å². The Kier molecular flexibility index (Phi) is 4.62. The van der Waals surface area contributed by atoms with Crippen LogP contribution in [0.5, 0.6) is 0 Å². The van der Waals surface area contributed by atoms with Gasteiger partial charge in [-0.05, 0) is 6.92 Å². The third-order valence-corrected chi connectivity index (χ3v) is 1.60. The number of aliphatic hydroxyl groups is 2. The molecule has 0 aliphatic carbocycles. The first-order chi connectivity index (χ1) is 7.05. The molecule has 0 saturated heterocycles. The van der Waals surface area contributed by atoms with E-state index < -0.39 is 36.9 Å². The number of carbonyl (C=O) groups excluding carboxylic acids is 1. The van der Waals surface area contributed by atoms with Crippen LogP contribution >= 0.6 is 0 Å². The molecule has 0 heterocycles. The van der Waals surface area contributed by atoms with E-state index in [-0.39, 0.29) is 0 Å². The van der Waals surface area contributed by atoms with E-state index >= 15 is 0 Å². The number of carbonyl (C=O) groups is 1. The monoisotopic (exact) mass is 252 g/mol. The Morgan fingerprint density at radius 2 is 1.75 bits per heavy atom. The molecule has 0 unspecified atom stereocenters. The summed E-state index contributed by atoms with van der Waals surface area (Å²) in [5.41, 5.74) is 0. The zero-order valence-electron chi connectivity index (χ0n) is 7.96. The van der Waals surface area contributed by atoms with Crippen molar-refractivity contribution in [2.45, 2.75) is 25.3 Å². The van der Waals surface area contributed by atoms with Gasteiger partial charge in [-0.2, -0.15) is 13.2 Å². The lowest BCUT2D eigenvalue weighted by molar-refractivity contribution is -0.326. The Morgan fingerprint density at radius 1 is 1.31 bits per heavy atom. The van der Waals surface area contributed by atoms with E-state index in [2.05, 4.69) is 4.74 Å². The van der Waals surface area contributed by atoms with Crippen LogP contribution in [-0.4, -0.2) is 41.2 Å². The predicted octanol–water partition coefficient (Wildman–Crippen LogP) is 0.674. The van der Waals surface area contributed by atoms with Crippen molar-refractivity contribution in [1.29, 1.82) is 0 Å². The van der Waals surface area contributed by atoms with Crippen molar-refractivity contribution in [3.05, 3.63) is 0 Å². The van der Waals surface area contributed by atoms with Gasteiger partial charge in [-0.15, -0.1) is 0 Å². The van der Waals surface area contributed by atoms with E-state index in [1.807, 2.05) is 0 Å². The van der Waals surface area contributed by atoms with Crippen LogP contribution < -0.4 is 0 Å². The molecule has 0 aliphatic heterocycles. The molecule has 0 spiro atoms. The summed E-state index contributed by atoms with van der Waals surface area (Å²) in [4.78, 5) is 10.7. The fraction of sp³-hybridized carbons (Fsp3) is 0.857. The van der Waals surface area contributed by atoms with E-state index in [0.29, 0.717) is 0 Å². The Hall–Kier alpha value is -0.960. The second kappa shape index (κ2) is 4.91. The largest absolute Gasteiger partial charge is 0.465 e. The molecule has 9 heteroatoms. The second-order valence-corrected chi connectivity index (χ2v) is 2.81. The fourth-order valence-corrected chi connectivity index (χ4v) is 0.900. The van der Waals surface area contributed by atoms with Crippen molar-refractivity contribution in [2.75, 3.05) is 6.61 Å². The molecule has 16 heavy (non-hydrogen) atoms. The lowest BCUT2D eigenvalue weighted by Crippen LogP contribution is -2.55. The highest BCUT2D eigenvalue weighted by atomic mass is 19.4. The van der Waals surface area contributed by atoms with Gasteiger partial charge in [-0.25, -0.2) is 8.78 Å². The molecular weight excluding hydrogens is 243 g/mol. The van der Waals surface area contributed by atoms with Crippen LogP contribution in [0, 0.1) is 5.92 Å². The molecule has 4 nitrogen and oxygen atoms in total. The predicted molar refractivity (Wildman–Crippen MR) is 39.4 cm³/mol. The number of rotatable bonds is 4. The third-order valence-electron chi connectivity index (χ3n) is 1.60. The highest BCUT2D eigenvalue weighted by Gasteiger charge is 2.62. The van der Waals surface area contributed by atoms with Gasteiger partial charge >= 0.3 is 12.1 Å². The number of hydrogen-bond donors (Lipinski definition) is 2. The average Bonchev–Trinajstić information content (AvgIpc) is 2.00. The van der Waals surface area contributed by atoms with Gasteiger partial charge in [0.15, 0.2) is 0 Å². The maximum absolute atomic E-state index is 12.2. The van der Waals surface area contributed by atoms with Crippen molar-refractivity contribution < 1.29 is 41.7 Å². The first-order valence-corrected chi connectivity index (χ1v) is 4.01. The van der Waals surface area contributed by atoms with Gasteiger partial charge in [0.05, 0.1) is 6.61 Å². The number of ether oxygens (including phenoxy) is 1. The van der Waals surface area contributed by atoms with Crippen molar-refractivity contribution >= 4 is 5.97 Å². The average molecular weight is 252 g/mol. The van der Waals surface area contributed by atoms with Crippen LogP contribution in [0.4, 0.5) is 22.0 Å². The highest BCUT2D eigenvalue weighted by Crippen LogP contribution is 2.37. The molecule has 1 atom stereocenters. The third kappa shape index (κ3) is 3.27. The number of alkyl halides is 5. The molecule has 0 aromatic rings. The minimum absolute atomic E-state index is 0.509. The lowest BCUT2D eigenvalue weighted by atomic mass is 9.98.